The summed E-state index contributed by atoms with van der Waals surface area (Å²) in [6, 6.07) is 8.11. The fraction of sp³-hybridized carbons (Fsp3) is 0.458. The number of esters is 1. The Kier molecular flexibility index (Phi) is 5.15. The normalized spacial score (nSPS) is 17.2. The summed E-state index contributed by atoms with van der Waals surface area (Å²) in [5.41, 5.74) is 3.63. The maximum atomic E-state index is 12.3. The van der Waals surface area contributed by atoms with Crippen molar-refractivity contribution in [3.05, 3.63) is 47.8 Å². The summed E-state index contributed by atoms with van der Waals surface area (Å²) in [5, 5.41) is 9.03. The van der Waals surface area contributed by atoms with Gasteiger partial charge in [0.1, 0.15) is 11.4 Å². The summed E-state index contributed by atoms with van der Waals surface area (Å²) < 4.78 is 7.12. The lowest BCUT2D eigenvalue weighted by Crippen LogP contribution is -2.14. The number of carbonyl (C=O) groups excluding carboxylic acids is 1. The molecule has 1 aromatic carbocycles. The zero-order chi connectivity index (χ0) is 20.5. The number of anilines is 2. The molecule has 0 saturated heterocycles. The molecule has 0 spiro atoms. The molecule has 2 aliphatic rings. The van der Waals surface area contributed by atoms with E-state index in [1.165, 1.54) is 39.2 Å². The van der Waals surface area contributed by atoms with Gasteiger partial charge < -0.3 is 10.1 Å². The number of rotatable bonds is 6. The molecule has 2 aromatic heterocycles. The van der Waals surface area contributed by atoms with Crippen LogP contribution in [0.3, 0.4) is 0 Å². The van der Waals surface area contributed by atoms with Crippen molar-refractivity contribution < 1.29 is 9.53 Å². The number of fused-ring (bicyclic) bond motifs is 1. The zero-order valence-corrected chi connectivity index (χ0v) is 17.4. The Balaban J connectivity index is 1.38. The Morgan fingerprint density at radius 2 is 1.97 bits per heavy atom. The van der Waals surface area contributed by atoms with E-state index in [1.807, 2.05) is 24.5 Å². The maximum absolute atomic E-state index is 12.3. The van der Waals surface area contributed by atoms with Gasteiger partial charge >= 0.3 is 5.97 Å². The van der Waals surface area contributed by atoms with Gasteiger partial charge in [0.05, 0.1) is 18.8 Å². The minimum absolute atomic E-state index is 0.367. The second kappa shape index (κ2) is 8.09. The van der Waals surface area contributed by atoms with E-state index in [0.29, 0.717) is 17.3 Å². The number of nitrogens with zero attached hydrogens (tertiary/aromatic N) is 3. The first kappa shape index (κ1) is 19.1. The lowest BCUT2D eigenvalue weighted by molar-refractivity contribution is 0.0601. The second-order valence-corrected chi connectivity index (χ2v) is 8.66. The van der Waals surface area contributed by atoms with Gasteiger partial charge in [-0.25, -0.2) is 9.78 Å². The molecule has 2 saturated carbocycles. The Labute approximate surface area is 176 Å². The molecule has 2 aliphatic carbocycles. The maximum Gasteiger partial charge on any atom is 0.341 e. The molecule has 156 valence electrons. The van der Waals surface area contributed by atoms with E-state index in [1.54, 1.807) is 0 Å². The van der Waals surface area contributed by atoms with Crippen molar-refractivity contribution in [3.63, 3.8) is 0 Å². The molecule has 6 heteroatoms. The van der Waals surface area contributed by atoms with Gasteiger partial charge in [0.25, 0.3) is 0 Å². The lowest BCUT2D eigenvalue weighted by Gasteiger charge is -2.21. The molecular weight excluding hydrogens is 376 g/mol. The van der Waals surface area contributed by atoms with E-state index in [9.17, 15) is 4.79 Å². The summed E-state index contributed by atoms with van der Waals surface area (Å²) in [5.74, 6) is 1.42. The Bertz CT molecular complexity index is 1060. The second-order valence-electron chi connectivity index (χ2n) is 8.66. The fourth-order valence-electron chi connectivity index (χ4n) is 4.55. The van der Waals surface area contributed by atoms with E-state index in [-0.39, 0.29) is 5.97 Å². The van der Waals surface area contributed by atoms with Crippen molar-refractivity contribution in [1.82, 2.24) is 14.8 Å². The highest BCUT2D eigenvalue weighted by Crippen LogP contribution is 2.40. The summed E-state index contributed by atoms with van der Waals surface area (Å²) >= 11 is 0. The molecule has 30 heavy (non-hydrogen) atoms. The highest BCUT2D eigenvalue weighted by molar-refractivity contribution is 5.96. The average molecular weight is 405 g/mol. The largest absolute Gasteiger partial charge is 0.465 e. The predicted molar refractivity (Wildman–Crippen MR) is 117 cm³/mol. The number of aromatic nitrogens is 3. The number of hydrogen-bond donors (Lipinski definition) is 1. The minimum Gasteiger partial charge on any atom is -0.465 e. The number of nitrogens with one attached hydrogen (secondary N) is 1. The van der Waals surface area contributed by atoms with Gasteiger partial charge in [0.2, 0.25) is 0 Å². The van der Waals surface area contributed by atoms with Gasteiger partial charge in [-0.2, -0.15) is 5.10 Å². The van der Waals surface area contributed by atoms with Gasteiger partial charge in [-0.15, -0.1) is 0 Å². The van der Waals surface area contributed by atoms with Crippen molar-refractivity contribution in [2.45, 2.75) is 57.4 Å². The van der Waals surface area contributed by atoms with Crippen LogP contribution in [0.1, 0.15) is 66.8 Å². The predicted octanol–water partition coefficient (Wildman–Crippen LogP) is 5.42. The molecule has 0 bridgehead atoms. The summed E-state index contributed by atoms with van der Waals surface area (Å²) in [6.45, 7) is 0.993. The van der Waals surface area contributed by atoms with Crippen LogP contribution in [0.2, 0.25) is 0 Å². The van der Waals surface area contributed by atoms with Crippen molar-refractivity contribution >= 4 is 28.4 Å². The number of pyridine rings is 1. The lowest BCUT2D eigenvalue weighted by atomic mass is 9.89. The third-order valence-electron chi connectivity index (χ3n) is 6.42. The number of hydrogen-bond acceptors (Lipinski definition) is 5. The van der Waals surface area contributed by atoms with Crippen LogP contribution < -0.4 is 5.32 Å². The molecular formula is C24H28N4O2. The molecule has 0 aliphatic heterocycles. The molecule has 1 N–H and O–H groups in total. The zero-order valence-electron chi connectivity index (χ0n) is 17.4. The van der Waals surface area contributed by atoms with Crippen molar-refractivity contribution in [2.75, 3.05) is 12.4 Å². The summed E-state index contributed by atoms with van der Waals surface area (Å²) in [4.78, 5) is 16.8. The monoisotopic (exact) mass is 404 g/mol. The van der Waals surface area contributed by atoms with Gasteiger partial charge in [-0.1, -0.05) is 19.3 Å². The first-order chi connectivity index (χ1) is 14.7. The molecule has 0 amide bonds. The van der Waals surface area contributed by atoms with Gasteiger partial charge in [-0.05, 0) is 67.3 Å². The van der Waals surface area contributed by atoms with Crippen LogP contribution in [0.4, 0.5) is 11.5 Å². The summed E-state index contributed by atoms with van der Waals surface area (Å²) in [7, 11) is 1.41. The topological polar surface area (TPSA) is 69.0 Å². The Hall–Kier alpha value is -2.89. The van der Waals surface area contributed by atoms with E-state index in [4.69, 9.17) is 4.74 Å². The molecule has 2 heterocycles. The SMILES string of the molecule is COC(=O)c1cc(C2CC2)cnc1Nc1ccc2c(cnn2CC2CCCCC2)c1. The van der Waals surface area contributed by atoms with Crippen LogP contribution in [-0.2, 0) is 11.3 Å². The van der Waals surface area contributed by atoms with Crippen LogP contribution in [0.5, 0.6) is 0 Å². The number of methoxy groups -OCH3 is 1. The van der Waals surface area contributed by atoms with Crippen molar-refractivity contribution in [3.8, 4) is 0 Å². The van der Waals surface area contributed by atoms with Gasteiger partial charge in [0, 0.05) is 23.8 Å². The van der Waals surface area contributed by atoms with Crippen molar-refractivity contribution in [1.29, 1.82) is 0 Å². The fourth-order valence-corrected chi connectivity index (χ4v) is 4.55. The van der Waals surface area contributed by atoms with Gasteiger partial charge in [-0.3, -0.25) is 4.68 Å². The number of benzene rings is 1. The molecule has 0 atom stereocenters. The third-order valence-corrected chi connectivity index (χ3v) is 6.42. The van der Waals surface area contributed by atoms with Crippen LogP contribution in [0, 0.1) is 5.92 Å². The quantitative estimate of drug-likeness (QED) is 0.556. The molecule has 3 aromatic rings. The number of ether oxygens (including phenoxy) is 1. The summed E-state index contributed by atoms with van der Waals surface area (Å²) in [6.07, 6.45) is 12.8. The van der Waals surface area contributed by atoms with Crippen LogP contribution in [-0.4, -0.2) is 27.8 Å². The highest BCUT2D eigenvalue weighted by Gasteiger charge is 2.26. The van der Waals surface area contributed by atoms with E-state index >= 15 is 0 Å². The van der Waals surface area contributed by atoms with Crippen LogP contribution >= 0.6 is 0 Å². The van der Waals surface area contributed by atoms with Crippen molar-refractivity contribution in [2.24, 2.45) is 5.92 Å². The Morgan fingerprint density at radius 3 is 2.73 bits per heavy atom. The van der Waals surface area contributed by atoms with E-state index < -0.39 is 0 Å². The average Bonchev–Trinajstić information content (AvgIpc) is 3.56. The van der Waals surface area contributed by atoms with E-state index in [2.05, 4.69) is 32.2 Å². The molecule has 0 radical (unpaired) electrons. The standard InChI is InChI=1S/C24H28N4O2/c1-30-24(29)21-12-18(17-7-8-17)13-25-23(21)27-20-9-10-22-19(11-20)14-26-28(22)15-16-5-3-2-4-6-16/h9-14,16-17H,2-8,15H2,1H3,(H,25,27). The third kappa shape index (κ3) is 3.91. The molecule has 0 unspecified atom stereocenters. The van der Waals surface area contributed by atoms with Crippen LogP contribution in [0.15, 0.2) is 36.7 Å². The first-order valence-electron chi connectivity index (χ1n) is 11.0. The number of carbonyl (C=O) groups is 1. The highest BCUT2D eigenvalue weighted by atomic mass is 16.5. The molecule has 2 fully saturated rings. The first-order valence-corrected chi connectivity index (χ1v) is 11.0. The Morgan fingerprint density at radius 1 is 1.13 bits per heavy atom. The van der Waals surface area contributed by atoms with E-state index in [0.717, 1.165) is 47.5 Å². The van der Waals surface area contributed by atoms with Gasteiger partial charge in [0.15, 0.2) is 0 Å². The minimum atomic E-state index is -0.367. The smallest absolute Gasteiger partial charge is 0.341 e. The molecule has 6 nitrogen and oxygen atoms in total. The van der Waals surface area contributed by atoms with Crippen LogP contribution in [0.25, 0.3) is 10.9 Å². The molecule has 5 rings (SSSR count).